The lowest BCUT2D eigenvalue weighted by atomic mass is 10.2. The summed E-state index contributed by atoms with van der Waals surface area (Å²) in [4.78, 5) is 1.26. The van der Waals surface area contributed by atoms with Crippen LogP contribution in [0.5, 0.6) is 5.75 Å². The van der Waals surface area contributed by atoms with E-state index < -0.39 is 0 Å². The van der Waals surface area contributed by atoms with Crippen molar-refractivity contribution in [2.24, 2.45) is 0 Å². The molecular formula is C15H17NOS. The maximum absolute atomic E-state index is 5.36. The fourth-order valence-corrected chi connectivity index (χ4v) is 2.83. The molecule has 0 unspecified atom stereocenters. The largest absolute Gasteiger partial charge is 0.496 e. The summed E-state index contributed by atoms with van der Waals surface area (Å²) < 4.78 is 5.36. The Morgan fingerprint density at radius 3 is 2.56 bits per heavy atom. The summed E-state index contributed by atoms with van der Waals surface area (Å²) >= 11 is 1.81. The van der Waals surface area contributed by atoms with Crippen LogP contribution in [0.1, 0.15) is 5.56 Å². The summed E-state index contributed by atoms with van der Waals surface area (Å²) in [6.45, 7) is 0. The molecule has 0 aliphatic heterocycles. The number of benzene rings is 2. The summed E-state index contributed by atoms with van der Waals surface area (Å²) in [5, 5.41) is 3.21. The molecule has 0 atom stereocenters. The lowest BCUT2D eigenvalue weighted by Crippen LogP contribution is -1.92. The van der Waals surface area contributed by atoms with Crippen LogP contribution in [0.25, 0.3) is 0 Å². The molecule has 0 aromatic heterocycles. The normalized spacial score (nSPS) is 10.1. The van der Waals surface area contributed by atoms with E-state index in [-0.39, 0.29) is 0 Å². The van der Waals surface area contributed by atoms with Crippen molar-refractivity contribution in [1.29, 1.82) is 0 Å². The van der Waals surface area contributed by atoms with Crippen molar-refractivity contribution in [3.63, 3.8) is 0 Å². The first-order valence-corrected chi connectivity index (χ1v) is 6.85. The van der Waals surface area contributed by atoms with Gasteiger partial charge in [0.25, 0.3) is 0 Å². The molecule has 2 rings (SSSR count). The van der Waals surface area contributed by atoms with Gasteiger partial charge in [-0.25, -0.2) is 0 Å². The molecule has 18 heavy (non-hydrogen) atoms. The zero-order valence-electron chi connectivity index (χ0n) is 10.6. The highest BCUT2D eigenvalue weighted by Crippen LogP contribution is 2.31. The molecule has 2 aromatic carbocycles. The molecule has 1 N–H and O–H groups in total. The molecule has 0 fully saturated rings. The van der Waals surface area contributed by atoms with Crippen LogP contribution in [0.3, 0.4) is 0 Å². The van der Waals surface area contributed by atoms with Gasteiger partial charge < -0.3 is 10.1 Å². The van der Waals surface area contributed by atoms with Gasteiger partial charge in [-0.05, 0) is 18.2 Å². The number of anilines is 1. The Labute approximate surface area is 112 Å². The first-order valence-electron chi connectivity index (χ1n) is 5.86. The molecule has 0 saturated heterocycles. The van der Waals surface area contributed by atoms with Crippen molar-refractivity contribution in [3.05, 3.63) is 54.1 Å². The minimum absolute atomic E-state index is 0.905. The Morgan fingerprint density at radius 2 is 1.78 bits per heavy atom. The van der Waals surface area contributed by atoms with Crippen LogP contribution in [0, 0.1) is 0 Å². The summed E-state index contributed by atoms with van der Waals surface area (Å²) in [5.74, 6) is 1.86. The van der Waals surface area contributed by atoms with Gasteiger partial charge in [-0.3, -0.25) is 0 Å². The summed E-state index contributed by atoms with van der Waals surface area (Å²) in [6.07, 6.45) is 0. The highest BCUT2D eigenvalue weighted by Gasteiger charge is 2.04. The summed E-state index contributed by atoms with van der Waals surface area (Å²) in [6, 6.07) is 16.5. The highest BCUT2D eigenvalue weighted by molar-refractivity contribution is 7.98. The molecule has 0 spiro atoms. The Morgan fingerprint density at radius 1 is 1.06 bits per heavy atom. The molecule has 0 radical (unpaired) electrons. The minimum Gasteiger partial charge on any atom is -0.496 e. The molecule has 2 aromatic rings. The van der Waals surface area contributed by atoms with Crippen LogP contribution >= 0.6 is 11.8 Å². The number of hydrogen-bond donors (Lipinski definition) is 1. The third kappa shape index (κ3) is 2.99. The molecule has 2 nitrogen and oxygen atoms in total. The molecule has 94 valence electrons. The van der Waals surface area contributed by atoms with Crippen LogP contribution in [-0.4, -0.2) is 14.2 Å². The van der Waals surface area contributed by atoms with Crippen molar-refractivity contribution in [3.8, 4) is 5.75 Å². The molecule has 0 aliphatic rings. The second-order valence-corrected chi connectivity index (χ2v) is 4.86. The van der Waals surface area contributed by atoms with E-state index in [1.807, 2.05) is 43.1 Å². The van der Waals surface area contributed by atoms with Gasteiger partial charge in [0.2, 0.25) is 0 Å². The average molecular weight is 259 g/mol. The van der Waals surface area contributed by atoms with E-state index in [0.717, 1.165) is 17.2 Å². The fourth-order valence-electron chi connectivity index (χ4n) is 1.78. The van der Waals surface area contributed by atoms with Gasteiger partial charge in [-0.2, -0.15) is 0 Å². The van der Waals surface area contributed by atoms with E-state index in [1.165, 1.54) is 10.5 Å². The Balaban J connectivity index is 2.11. The number of hydrogen-bond acceptors (Lipinski definition) is 3. The highest BCUT2D eigenvalue weighted by atomic mass is 32.2. The van der Waals surface area contributed by atoms with Crippen LogP contribution in [0.2, 0.25) is 0 Å². The van der Waals surface area contributed by atoms with Crippen LogP contribution < -0.4 is 10.1 Å². The van der Waals surface area contributed by atoms with Crippen molar-refractivity contribution in [2.45, 2.75) is 10.6 Å². The predicted octanol–water partition coefficient (Wildman–Crippen LogP) is 4.03. The Bertz CT molecular complexity index is 466. The monoisotopic (exact) mass is 259 g/mol. The molecule has 0 bridgehead atoms. The van der Waals surface area contributed by atoms with Gasteiger partial charge in [-0.15, -0.1) is 11.8 Å². The van der Waals surface area contributed by atoms with Crippen molar-refractivity contribution < 1.29 is 4.74 Å². The number of methoxy groups -OCH3 is 1. The van der Waals surface area contributed by atoms with Crippen LogP contribution in [-0.2, 0) is 5.75 Å². The quantitative estimate of drug-likeness (QED) is 0.819. The SMILES string of the molecule is CNc1ccccc1SCc1ccccc1OC. The van der Waals surface area contributed by atoms with Gasteiger partial charge in [0.05, 0.1) is 7.11 Å². The second kappa shape index (κ2) is 6.36. The van der Waals surface area contributed by atoms with Crippen molar-refractivity contribution >= 4 is 17.4 Å². The van der Waals surface area contributed by atoms with E-state index in [4.69, 9.17) is 4.74 Å². The van der Waals surface area contributed by atoms with Crippen molar-refractivity contribution in [1.82, 2.24) is 0 Å². The third-order valence-electron chi connectivity index (χ3n) is 2.73. The Kier molecular flexibility index (Phi) is 4.53. The number of nitrogens with one attached hydrogen (secondary N) is 1. The zero-order valence-corrected chi connectivity index (χ0v) is 11.5. The average Bonchev–Trinajstić information content (AvgIpc) is 2.45. The van der Waals surface area contributed by atoms with Crippen molar-refractivity contribution in [2.75, 3.05) is 19.5 Å². The van der Waals surface area contributed by atoms with E-state index in [2.05, 4.69) is 29.6 Å². The van der Waals surface area contributed by atoms with E-state index >= 15 is 0 Å². The number of para-hydroxylation sites is 2. The van der Waals surface area contributed by atoms with Gasteiger partial charge in [0.15, 0.2) is 0 Å². The lowest BCUT2D eigenvalue weighted by molar-refractivity contribution is 0.411. The molecular weight excluding hydrogens is 242 g/mol. The second-order valence-electron chi connectivity index (χ2n) is 3.85. The van der Waals surface area contributed by atoms with Gasteiger partial charge in [0.1, 0.15) is 5.75 Å². The van der Waals surface area contributed by atoms with E-state index in [0.29, 0.717) is 0 Å². The molecule has 0 saturated carbocycles. The third-order valence-corrected chi connectivity index (χ3v) is 3.85. The summed E-state index contributed by atoms with van der Waals surface area (Å²) in [5.41, 5.74) is 2.38. The summed E-state index contributed by atoms with van der Waals surface area (Å²) in [7, 11) is 3.66. The topological polar surface area (TPSA) is 21.3 Å². The maximum Gasteiger partial charge on any atom is 0.122 e. The molecule has 0 aliphatic carbocycles. The number of ether oxygens (including phenoxy) is 1. The van der Waals surface area contributed by atoms with Crippen LogP contribution in [0.4, 0.5) is 5.69 Å². The number of rotatable bonds is 5. The number of thioether (sulfide) groups is 1. The van der Waals surface area contributed by atoms with E-state index in [1.54, 1.807) is 7.11 Å². The minimum atomic E-state index is 0.905. The van der Waals surface area contributed by atoms with Crippen LogP contribution in [0.15, 0.2) is 53.4 Å². The fraction of sp³-hybridized carbons (Fsp3) is 0.200. The van der Waals surface area contributed by atoms with Gasteiger partial charge >= 0.3 is 0 Å². The maximum atomic E-state index is 5.36. The van der Waals surface area contributed by atoms with Gasteiger partial charge in [-0.1, -0.05) is 30.3 Å². The van der Waals surface area contributed by atoms with E-state index in [9.17, 15) is 0 Å². The molecule has 3 heteroatoms. The standard InChI is InChI=1S/C15H17NOS/c1-16-13-8-4-6-10-15(13)18-11-12-7-3-5-9-14(12)17-2/h3-10,16H,11H2,1-2H3. The Hall–Kier alpha value is -1.61. The molecule has 0 heterocycles. The zero-order chi connectivity index (χ0) is 12.8. The van der Waals surface area contributed by atoms with Gasteiger partial charge in [0, 0.05) is 28.9 Å². The lowest BCUT2D eigenvalue weighted by Gasteiger charge is -2.10. The predicted molar refractivity (Wildman–Crippen MR) is 78.5 cm³/mol. The first-order chi connectivity index (χ1) is 8.85. The first kappa shape index (κ1) is 12.8. The smallest absolute Gasteiger partial charge is 0.122 e. The molecule has 0 amide bonds.